The lowest BCUT2D eigenvalue weighted by molar-refractivity contribution is -0.120. The van der Waals surface area contributed by atoms with Crippen molar-refractivity contribution in [2.75, 3.05) is 26.8 Å². The van der Waals surface area contributed by atoms with Crippen LogP contribution in [0, 0.1) is 5.95 Å². The fourth-order valence-corrected chi connectivity index (χ4v) is 1.14. The third-order valence-electron chi connectivity index (χ3n) is 1.99. The molecular formula is C11H14FN3O3. The van der Waals surface area contributed by atoms with Gasteiger partial charge in [-0.15, -0.1) is 0 Å². The molecule has 0 aliphatic heterocycles. The highest BCUT2D eigenvalue weighted by Crippen LogP contribution is 1.97. The molecule has 1 aromatic heterocycles. The summed E-state index contributed by atoms with van der Waals surface area (Å²) in [5, 5.41) is 4.86. The number of nitrogens with zero attached hydrogens (tertiary/aromatic N) is 1. The van der Waals surface area contributed by atoms with E-state index in [1.165, 1.54) is 19.2 Å². The van der Waals surface area contributed by atoms with E-state index in [0.29, 0.717) is 13.2 Å². The summed E-state index contributed by atoms with van der Waals surface area (Å²) in [4.78, 5) is 26.1. The van der Waals surface area contributed by atoms with E-state index < -0.39 is 11.9 Å². The van der Waals surface area contributed by atoms with Crippen LogP contribution in [-0.2, 0) is 9.53 Å². The van der Waals surface area contributed by atoms with Crippen molar-refractivity contribution in [3.8, 4) is 0 Å². The third-order valence-corrected chi connectivity index (χ3v) is 1.99. The Balaban J connectivity index is 2.35. The highest BCUT2D eigenvalue weighted by Gasteiger charge is 2.09. The van der Waals surface area contributed by atoms with E-state index in [2.05, 4.69) is 15.6 Å². The van der Waals surface area contributed by atoms with Crippen molar-refractivity contribution in [3.05, 3.63) is 29.8 Å². The lowest BCUT2D eigenvalue weighted by Crippen LogP contribution is -2.38. The van der Waals surface area contributed by atoms with Gasteiger partial charge in [0.15, 0.2) is 0 Å². The van der Waals surface area contributed by atoms with Crippen LogP contribution in [0.5, 0.6) is 0 Å². The van der Waals surface area contributed by atoms with Crippen LogP contribution >= 0.6 is 0 Å². The van der Waals surface area contributed by atoms with Gasteiger partial charge in [-0.1, -0.05) is 6.07 Å². The van der Waals surface area contributed by atoms with E-state index in [1.807, 2.05) is 0 Å². The van der Waals surface area contributed by atoms with Gasteiger partial charge in [-0.25, -0.2) is 4.98 Å². The smallest absolute Gasteiger partial charge is 0.270 e. The van der Waals surface area contributed by atoms with Crippen molar-refractivity contribution < 1.29 is 18.7 Å². The SMILES string of the molecule is COCCNC(=O)CNC(=O)c1cccc(F)n1. The minimum Gasteiger partial charge on any atom is -0.383 e. The van der Waals surface area contributed by atoms with Gasteiger partial charge in [-0.3, -0.25) is 9.59 Å². The normalized spacial score (nSPS) is 9.89. The van der Waals surface area contributed by atoms with Gasteiger partial charge < -0.3 is 15.4 Å². The van der Waals surface area contributed by atoms with Gasteiger partial charge in [0.25, 0.3) is 5.91 Å². The number of halogens is 1. The zero-order valence-corrected chi connectivity index (χ0v) is 9.90. The second-order valence-corrected chi connectivity index (χ2v) is 3.37. The van der Waals surface area contributed by atoms with Gasteiger partial charge in [0, 0.05) is 13.7 Å². The topological polar surface area (TPSA) is 80.3 Å². The Kier molecular flexibility index (Phi) is 5.72. The first kappa shape index (κ1) is 14.0. The largest absolute Gasteiger partial charge is 0.383 e. The first-order chi connectivity index (χ1) is 8.63. The van der Waals surface area contributed by atoms with Crippen LogP contribution in [0.1, 0.15) is 10.5 Å². The van der Waals surface area contributed by atoms with Gasteiger partial charge in [0.05, 0.1) is 13.2 Å². The zero-order valence-electron chi connectivity index (χ0n) is 9.90. The number of ether oxygens (including phenoxy) is 1. The molecule has 0 saturated carbocycles. The molecule has 0 spiro atoms. The van der Waals surface area contributed by atoms with Gasteiger partial charge in [-0.2, -0.15) is 4.39 Å². The number of pyridine rings is 1. The molecule has 0 atom stereocenters. The standard InChI is InChI=1S/C11H14FN3O3/c1-18-6-5-13-10(16)7-14-11(17)8-3-2-4-9(12)15-8/h2-4H,5-7H2,1H3,(H,13,16)(H,14,17). The second kappa shape index (κ2) is 7.33. The van der Waals surface area contributed by atoms with Gasteiger partial charge in [0.2, 0.25) is 11.9 Å². The highest BCUT2D eigenvalue weighted by molar-refractivity contribution is 5.94. The predicted molar refractivity (Wildman–Crippen MR) is 61.4 cm³/mol. The van der Waals surface area contributed by atoms with Crippen molar-refractivity contribution in [2.45, 2.75) is 0 Å². The molecule has 1 heterocycles. The minimum absolute atomic E-state index is 0.0697. The molecular weight excluding hydrogens is 241 g/mol. The average Bonchev–Trinajstić information content (AvgIpc) is 2.36. The van der Waals surface area contributed by atoms with E-state index >= 15 is 0 Å². The van der Waals surface area contributed by atoms with Crippen LogP contribution in [0.4, 0.5) is 4.39 Å². The van der Waals surface area contributed by atoms with Crippen molar-refractivity contribution in [3.63, 3.8) is 0 Å². The van der Waals surface area contributed by atoms with Crippen LogP contribution in [0.15, 0.2) is 18.2 Å². The first-order valence-corrected chi connectivity index (χ1v) is 5.30. The summed E-state index contributed by atoms with van der Waals surface area (Å²) < 4.78 is 17.5. The molecule has 0 aliphatic carbocycles. The van der Waals surface area contributed by atoms with Crippen LogP contribution in [0.2, 0.25) is 0 Å². The summed E-state index contributed by atoms with van der Waals surface area (Å²) in [6, 6.07) is 3.87. The summed E-state index contributed by atoms with van der Waals surface area (Å²) in [7, 11) is 1.52. The number of nitrogens with one attached hydrogen (secondary N) is 2. The lowest BCUT2D eigenvalue weighted by Gasteiger charge is -2.06. The molecule has 1 rings (SSSR count). The Morgan fingerprint density at radius 3 is 2.83 bits per heavy atom. The fraction of sp³-hybridized carbons (Fsp3) is 0.364. The monoisotopic (exact) mass is 255 g/mol. The van der Waals surface area contributed by atoms with Gasteiger partial charge >= 0.3 is 0 Å². The van der Waals surface area contributed by atoms with E-state index in [9.17, 15) is 14.0 Å². The summed E-state index contributed by atoms with van der Waals surface area (Å²) in [6.45, 7) is 0.565. The van der Waals surface area contributed by atoms with E-state index in [0.717, 1.165) is 6.07 Å². The maximum absolute atomic E-state index is 12.7. The molecule has 0 fully saturated rings. The van der Waals surface area contributed by atoms with E-state index in [4.69, 9.17) is 4.74 Å². The van der Waals surface area contributed by atoms with E-state index in [1.54, 1.807) is 0 Å². The predicted octanol–water partition coefficient (Wildman–Crippen LogP) is -0.287. The molecule has 6 nitrogen and oxygen atoms in total. The van der Waals surface area contributed by atoms with Crippen LogP contribution in [-0.4, -0.2) is 43.6 Å². The molecule has 0 saturated heterocycles. The lowest BCUT2D eigenvalue weighted by atomic mass is 10.3. The molecule has 0 aliphatic rings. The van der Waals surface area contributed by atoms with Gasteiger partial charge in [0.1, 0.15) is 5.69 Å². The summed E-state index contributed by atoms with van der Waals surface area (Å²) in [5.41, 5.74) is -0.0697. The second-order valence-electron chi connectivity index (χ2n) is 3.37. The Morgan fingerprint density at radius 1 is 1.39 bits per heavy atom. The van der Waals surface area contributed by atoms with Gasteiger partial charge in [-0.05, 0) is 12.1 Å². The summed E-state index contributed by atoms with van der Waals surface area (Å²) >= 11 is 0. The number of carbonyl (C=O) groups excluding carboxylic acids is 2. The molecule has 18 heavy (non-hydrogen) atoms. The molecule has 98 valence electrons. The molecule has 0 aromatic carbocycles. The highest BCUT2D eigenvalue weighted by atomic mass is 19.1. The Hall–Kier alpha value is -2.02. The summed E-state index contributed by atoms with van der Waals surface area (Å²) in [6.07, 6.45) is 0. The molecule has 0 unspecified atom stereocenters. The summed E-state index contributed by atoms with van der Waals surface area (Å²) in [5.74, 6) is -1.69. The van der Waals surface area contributed by atoms with Crippen molar-refractivity contribution in [2.24, 2.45) is 0 Å². The number of rotatable bonds is 6. The average molecular weight is 255 g/mol. The Labute approximate surface area is 104 Å². The number of hydrogen-bond acceptors (Lipinski definition) is 4. The van der Waals surface area contributed by atoms with Crippen molar-refractivity contribution in [1.29, 1.82) is 0 Å². The molecule has 0 bridgehead atoms. The maximum atomic E-state index is 12.7. The molecule has 7 heteroatoms. The Morgan fingerprint density at radius 2 is 2.17 bits per heavy atom. The van der Waals surface area contributed by atoms with Crippen molar-refractivity contribution in [1.82, 2.24) is 15.6 Å². The van der Waals surface area contributed by atoms with Crippen molar-refractivity contribution >= 4 is 11.8 Å². The quantitative estimate of drug-likeness (QED) is 0.541. The Bertz CT molecular complexity index is 426. The molecule has 0 radical (unpaired) electrons. The molecule has 1 aromatic rings. The molecule has 2 amide bonds. The number of aromatic nitrogens is 1. The van der Waals surface area contributed by atoms with Crippen LogP contribution < -0.4 is 10.6 Å². The minimum atomic E-state index is -0.743. The van der Waals surface area contributed by atoms with Crippen LogP contribution in [0.3, 0.4) is 0 Å². The maximum Gasteiger partial charge on any atom is 0.270 e. The number of amides is 2. The molecule has 2 N–H and O–H groups in total. The van der Waals surface area contributed by atoms with Crippen LogP contribution in [0.25, 0.3) is 0 Å². The van der Waals surface area contributed by atoms with E-state index in [-0.39, 0.29) is 18.1 Å². The fourth-order valence-electron chi connectivity index (χ4n) is 1.14. The zero-order chi connectivity index (χ0) is 13.4. The number of hydrogen-bond donors (Lipinski definition) is 2. The number of carbonyl (C=O) groups is 2. The third kappa shape index (κ3) is 4.88. The first-order valence-electron chi connectivity index (χ1n) is 5.30. The number of methoxy groups -OCH3 is 1.